The molecule has 1 aromatic heterocycles. The summed E-state index contributed by atoms with van der Waals surface area (Å²) < 4.78 is 28.0. The monoisotopic (exact) mass is 371 g/mol. The van der Waals surface area contributed by atoms with Crippen LogP contribution in [0.4, 0.5) is 0 Å². The van der Waals surface area contributed by atoms with Gasteiger partial charge in [-0.25, -0.2) is 13.4 Å². The van der Waals surface area contributed by atoms with Gasteiger partial charge in [-0.05, 0) is 44.5 Å². The molecule has 1 aromatic carbocycles. The summed E-state index contributed by atoms with van der Waals surface area (Å²) in [6.45, 7) is 5.66. The first kappa shape index (κ1) is 18.9. The maximum atomic E-state index is 13.2. The van der Waals surface area contributed by atoms with Crippen molar-refractivity contribution in [3.05, 3.63) is 30.0 Å². The standard InChI is InChI=1S/C16H21N3O3S.ClH/c1-11-9-18-16(20)13-5-3-6-14(15(11)13)23(21,22)19-8-4-7-17-10-12(19)2;/h3,5-6,9,12,17H,4,7-8,10H2,1-2H3,(H,18,20);1H/t12-;/m1./s1. The number of aromatic nitrogens is 1. The van der Waals surface area contributed by atoms with Gasteiger partial charge in [0.1, 0.15) is 0 Å². The maximum Gasteiger partial charge on any atom is 0.243 e. The molecule has 24 heavy (non-hydrogen) atoms. The third-order valence-electron chi connectivity index (χ3n) is 4.29. The van der Waals surface area contributed by atoms with E-state index in [4.69, 9.17) is 0 Å². The van der Waals surface area contributed by atoms with Gasteiger partial charge < -0.3 is 10.4 Å². The molecule has 8 heteroatoms. The zero-order chi connectivity index (χ0) is 16.6. The van der Waals surface area contributed by atoms with Gasteiger partial charge in [0.15, 0.2) is 0 Å². The number of nitrogens with one attached hydrogen (secondary N) is 1. The lowest BCUT2D eigenvalue weighted by Gasteiger charge is -2.26. The van der Waals surface area contributed by atoms with Gasteiger partial charge in [0.25, 0.3) is 0 Å². The van der Waals surface area contributed by atoms with Crippen LogP contribution in [0.15, 0.2) is 29.3 Å². The van der Waals surface area contributed by atoms with E-state index < -0.39 is 10.0 Å². The van der Waals surface area contributed by atoms with Crippen LogP contribution in [-0.2, 0) is 10.0 Å². The first-order valence-electron chi connectivity index (χ1n) is 7.73. The number of fused-ring (bicyclic) bond motifs is 1. The number of hydrogen-bond donors (Lipinski definition) is 2. The Hall–Kier alpha value is -1.41. The molecule has 132 valence electrons. The predicted octanol–water partition coefficient (Wildman–Crippen LogP) is 2.04. The number of pyridine rings is 1. The van der Waals surface area contributed by atoms with E-state index in [0.717, 1.165) is 18.5 Å². The molecule has 0 bridgehead atoms. The molecule has 2 heterocycles. The number of halogens is 1. The number of sulfonamides is 1. The number of rotatable bonds is 2. The molecule has 2 aromatic rings. The minimum atomic E-state index is -3.65. The topological polar surface area (TPSA) is 82.5 Å². The van der Waals surface area contributed by atoms with Gasteiger partial charge in [-0.3, -0.25) is 0 Å². The Labute approximate surface area is 148 Å². The van der Waals surface area contributed by atoms with Crippen LogP contribution < -0.4 is 5.32 Å². The average molecular weight is 372 g/mol. The molecule has 1 aliphatic heterocycles. The zero-order valence-electron chi connectivity index (χ0n) is 13.7. The summed E-state index contributed by atoms with van der Waals surface area (Å²) in [5.41, 5.74) is 0.734. The molecule has 1 fully saturated rings. The Kier molecular flexibility index (Phi) is 5.70. The summed E-state index contributed by atoms with van der Waals surface area (Å²) in [5, 5.41) is 14.2. The van der Waals surface area contributed by atoms with Gasteiger partial charge in [0.2, 0.25) is 15.9 Å². The number of hydrogen-bond acceptors (Lipinski definition) is 5. The highest BCUT2D eigenvalue weighted by atomic mass is 35.5. The Balaban J connectivity index is 0.00000208. The van der Waals surface area contributed by atoms with E-state index in [0.29, 0.717) is 23.9 Å². The van der Waals surface area contributed by atoms with Crippen molar-refractivity contribution in [2.24, 2.45) is 0 Å². The zero-order valence-corrected chi connectivity index (χ0v) is 15.3. The SMILES string of the molecule is Cc1cnc(O)c2cccc(S(=O)(=O)N3CCCNC[C@H]3C)c12.Cl. The molecule has 1 atom stereocenters. The lowest BCUT2D eigenvalue weighted by atomic mass is 10.1. The first-order valence-corrected chi connectivity index (χ1v) is 9.17. The minimum absolute atomic E-state index is 0. The van der Waals surface area contributed by atoms with Crippen LogP contribution in [-0.4, -0.2) is 48.5 Å². The van der Waals surface area contributed by atoms with E-state index in [1.165, 1.54) is 6.20 Å². The summed E-state index contributed by atoms with van der Waals surface area (Å²) in [6.07, 6.45) is 2.28. The predicted molar refractivity (Wildman–Crippen MR) is 96.2 cm³/mol. The fourth-order valence-corrected chi connectivity index (χ4v) is 5.06. The third-order valence-corrected chi connectivity index (χ3v) is 6.35. The van der Waals surface area contributed by atoms with E-state index in [1.807, 2.05) is 6.92 Å². The van der Waals surface area contributed by atoms with E-state index >= 15 is 0 Å². The second kappa shape index (κ2) is 7.23. The second-order valence-corrected chi connectivity index (χ2v) is 7.82. The number of aromatic hydroxyl groups is 1. The molecule has 1 aliphatic rings. The smallest absolute Gasteiger partial charge is 0.243 e. The van der Waals surface area contributed by atoms with Crippen LogP contribution in [0.25, 0.3) is 10.8 Å². The highest BCUT2D eigenvalue weighted by molar-refractivity contribution is 7.89. The lowest BCUT2D eigenvalue weighted by Crippen LogP contribution is -2.41. The molecular weight excluding hydrogens is 350 g/mol. The minimum Gasteiger partial charge on any atom is -0.493 e. The normalized spacial score (nSPS) is 19.7. The largest absolute Gasteiger partial charge is 0.493 e. The van der Waals surface area contributed by atoms with Gasteiger partial charge in [0.05, 0.1) is 4.90 Å². The molecule has 0 saturated carbocycles. The Bertz CT molecular complexity index is 842. The van der Waals surface area contributed by atoms with Crippen molar-refractivity contribution in [3.8, 4) is 5.88 Å². The summed E-state index contributed by atoms with van der Waals surface area (Å²) >= 11 is 0. The van der Waals surface area contributed by atoms with Crippen LogP contribution in [0.5, 0.6) is 5.88 Å². The van der Waals surface area contributed by atoms with E-state index in [1.54, 1.807) is 29.4 Å². The highest BCUT2D eigenvalue weighted by Crippen LogP contribution is 2.32. The van der Waals surface area contributed by atoms with Crippen LogP contribution >= 0.6 is 12.4 Å². The molecule has 2 N–H and O–H groups in total. The molecular formula is C16H22ClN3O3S. The van der Waals surface area contributed by atoms with Gasteiger partial charge in [-0.1, -0.05) is 6.07 Å². The summed E-state index contributed by atoms with van der Waals surface area (Å²) in [4.78, 5) is 4.14. The molecule has 0 amide bonds. The maximum absolute atomic E-state index is 13.2. The Morgan fingerprint density at radius 2 is 2.12 bits per heavy atom. The molecule has 0 spiro atoms. The van der Waals surface area contributed by atoms with E-state index in [2.05, 4.69) is 10.3 Å². The lowest BCUT2D eigenvalue weighted by molar-refractivity contribution is 0.353. The van der Waals surface area contributed by atoms with Crippen molar-refractivity contribution in [1.82, 2.24) is 14.6 Å². The molecule has 0 radical (unpaired) electrons. The molecule has 6 nitrogen and oxygen atoms in total. The van der Waals surface area contributed by atoms with Crippen molar-refractivity contribution in [2.75, 3.05) is 19.6 Å². The van der Waals surface area contributed by atoms with Crippen molar-refractivity contribution in [2.45, 2.75) is 31.2 Å². The van der Waals surface area contributed by atoms with Crippen molar-refractivity contribution in [3.63, 3.8) is 0 Å². The highest BCUT2D eigenvalue weighted by Gasteiger charge is 2.31. The number of aryl methyl sites for hydroxylation is 1. The van der Waals surface area contributed by atoms with E-state index in [-0.39, 0.29) is 29.2 Å². The summed E-state index contributed by atoms with van der Waals surface area (Å²) in [7, 11) is -3.65. The van der Waals surface area contributed by atoms with Gasteiger partial charge >= 0.3 is 0 Å². The van der Waals surface area contributed by atoms with Crippen molar-refractivity contribution in [1.29, 1.82) is 0 Å². The Morgan fingerprint density at radius 3 is 2.88 bits per heavy atom. The summed E-state index contributed by atoms with van der Waals surface area (Å²) in [5.74, 6) is -0.145. The van der Waals surface area contributed by atoms with Crippen LogP contribution in [0, 0.1) is 6.92 Å². The fourth-order valence-electron chi connectivity index (χ4n) is 3.11. The number of nitrogens with zero attached hydrogens (tertiary/aromatic N) is 2. The number of benzene rings is 1. The third kappa shape index (κ3) is 3.21. The van der Waals surface area contributed by atoms with Crippen LogP contribution in [0.1, 0.15) is 18.9 Å². The molecule has 0 aliphatic carbocycles. The van der Waals surface area contributed by atoms with E-state index in [9.17, 15) is 13.5 Å². The summed E-state index contributed by atoms with van der Waals surface area (Å²) in [6, 6.07) is 4.83. The molecule has 1 saturated heterocycles. The average Bonchev–Trinajstić information content (AvgIpc) is 2.75. The van der Waals surface area contributed by atoms with Gasteiger partial charge in [0, 0.05) is 36.1 Å². The van der Waals surface area contributed by atoms with Crippen molar-refractivity contribution >= 4 is 33.2 Å². The fraction of sp³-hybridized carbons (Fsp3) is 0.438. The quantitative estimate of drug-likeness (QED) is 0.844. The molecule has 3 rings (SSSR count). The Morgan fingerprint density at radius 1 is 1.38 bits per heavy atom. The van der Waals surface area contributed by atoms with Crippen molar-refractivity contribution < 1.29 is 13.5 Å². The van der Waals surface area contributed by atoms with Gasteiger partial charge in [-0.2, -0.15) is 4.31 Å². The first-order chi connectivity index (χ1) is 10.9. The van der Waals surface area contributed by atoms with Crippen LogP contribution in [0.3, 0.4) is 0 Å². The van der Waals surface area contributed by atoms with Gasteiger partial charge in [-0.15, -0.1) is 12.4 Å². The van der Waals surface area contributed by atoms with Crippen LogP contribution in [0.2, 0.25) is 0 Å². The molecule has 0 unspecified atom stereocenters. The second-order valence-electron chi connectivity index (χ2n) is 5.97.